The third-order valence-electron chi connectivity index (χ3n) is 4.44. The third-order valence-corrected chi connectivity index (χ3v) is 6.69. The zero-order valence-corrected chi connectivity index (χ0v) is 15.4. The molecule has 0 radical (unpaired) electrons. The Labute approximate surface area is 138 Å². The molecular formula is C15H28N4O3S. The van der Waals surface area contributed by atoms with Crippen molar-refractivity contribution in [3.8, 4) is 0 Å². The molecule has 7 nitrogen and oxygen atoms in total. The molecule has 1 aromatic heterocycles. The van der Waals surface area contributed by atoms with Crippen LogP contribution in [0, 0.1) is 5.92 Å². The molecule has 0 saturated carbocycles. The molecule has 0 aliphatic carbocycles. The number of aryl methyl sites for hydroxylation is 1. The Morgan fingerprint density at radius 3 is 2.57 bits per heavy atom. The van der Waals surface area contributed by atoms with Crippen LogP contribution < -0.4 is 5.32 Å². The van der Waals surface area contributed by atoms with Crippen molar-refractivity contribution >= 4 is 10.0 Å². The normalized spacial score (nSPS) is 25.0. The molecule has 2 rings (SSSR count). The van der Waals surface area contributed by atoms with Gasteiger partial charge in [-0.1, -0.05) is 13.8 Å². The highest BCUT2D eigenvalue weighted by atomic mass is 32.2. The predicted molar refractivity (Wildman–Crippen MR) is 88.4 cm³/mol. The number of piperidine rings is 1. The lowest BCUT2D eigenvalue weighted by atomic mass is 9.94. The van der Waals surface area contributed by atoms with Gasteiger partial charge in [0.1, 0.15) is 0 Å². The van der Waals surface area contributed by atoms with E-state index >= 15 is 0 Å². The highest BCUT2D eigenvalue weighted by Gasteiger charge is 2.34. The van der Waals surface area contributed by atoms with Gasteiger partial charge < -0.3 is 9.73 Å². The van der Waals surface area contributed by atoms with Crippen molar-refractivity contribution < 1.29 is 12.8 Å². The zero-order chi connectivity index (χ0) is 17.2. The standard InChI is InChI=1S/C15H28N4O3S/c1-6-14-17-18-15(22-14)12(5)16-13-7-8-19(9-11(13)4)23(20,21)10(2)3/h10-13,16H,6-9H2,1-5H3/t11-,12-,13-/m0/s1. The van der Waals surface area contributed by atoms with E-state index < -0.39 is 10.0 Å². The molecular weight excluding hydrogens is 316 g/mol. The second-order valence-electron chi connectivity index (χ2n) is 6.60. The maximum absolute atomic E-state index is 12.3. The maximum Gasteiger partial charge on any atom is 0.233 e. The third kappa shape index (κ3) is 4.10. The molecule has 8 heteroatoms. The van der Waals surface area contributed by atoms with E-state index in [1.165, 1.54) is 0 Å². The fourth-order valence-electron chi connectivity index (χ4n) is 2.86. The largest absolute Gasteiger partial charge is 0.424 e. The number of aromatic nitrogens is 2. The lowest BCUT2D eigenvalue weighted by Crippen LogP contribution is -2.51. The molecule has 1 aromatic rings. The Morgan fingerprint density at radius 1 is 1.35 bits per heavy atom. The monoisotopic (exact) mass is 344 g/mol. The molecule has 0 aromatic carbocycles. The molecule has 132 valence electrons. The number of nitrogens with zero attached hydrogens (tertiary/aromatic N) is 3. The van der Waals surface area contributed by atoms with Gasteiger partial charge >= 0.3 is 0 Å². The van der Waals surface area contributed by atoms with E-state index in [9.17, 15) is 8.42 Å². The van der Waals surface area contributed by atoms with Crippen LogP contribution in [0.3, 0.4) is 0 Å². The van der Waals surface area contributed by atoms with Crippen molar-refractivity contribution in [1.82, 2.24) is 19.8 Å². The van der Waals surface area contributed by atoms with Crippen LogP contribution in [0.5, 0.6) is 0 Å². The van der Waals surface area contributed by atoms with E-state index in [0.29, 0.717) is 24.9 Å². The smallest absolute Gasteiger partial charge is 0.233 e. The van der Waals surface area contributed by atoms with E-state index in [-0.39, 0.29) is 23.3 Å². The molecule has 2 heterocycles. The molecule has 1 fully saturated rings. The first-order valence-corrected chi connectivity index (χ1v) is 9.83. The summed E-state index contributed by atoms with van der Waals surface area (Å²) in [6, 6.07) is 0.198. The van der Waals surface area contributed by atoms with Crippen LogP contribution in [-0.4, -0.2) is 47.3 Å². The first-order chi connectivity index (χ1) is 10.8. The molecule has 0 spiro atoms. The lowest BCUT2D eigenvalue weighted by molar-refractivity contribution is 0.202. The van der Waals surface area contributed by atoms with Gasteiger partial charge in [0.2, 0.25) is 21.8 Å². The van der Waals surface area contributed by atoms with Gasteiger partial charge in [0.15, 0.2) is 0 Å². The van der Waals surface area contributed by atoms with E-state index in [1.807, 2.05) is 13.8 Å². The van der Waals surface area contributed by atoms with Gasteiger partial charge in [-0.05, 0) is 33.1 Å². The molecule has 1 N–H and O–H groups in total. The van der Waals surface area contributed by atoms with Crippen molar-refractivity contribution in [2.45, 2.75) is 64.8 Å². The summed E-state index contributed by atoms with van der Waals surface area (Å²) in [5.41, 5.74) is 0. The minimum atomic E-state index is -3.17. The summed E-state index contributed by atoms with van der Waals surface area (Å²) in [7, 11) is -3.17. The maximum atomic E-state index is 12.3. The van der Waals surface area contributed by atoms with Crippen molar-refractivity contribution in [2.24, 2.45) is 5.92 Å². The number of rotatable bonds is 6. The quantitative estimate of drug-likeness (QED) is 0.845. The summed E-state index contributed by atoms with van der Waals surface area (Å²) in [5.74, 6) is 1.46. The van der Waals surface area contributed by atoms with Crippen LogP contribution in [-0.2, 0) is 16.4 Å². The van der Waals surface area contributed by atoms with Crippen LogP contribution >= 0.6 is 0 Å². The van der Waals surface area contributed by atoms with Crippen molar-refractivity contribution in [2.75, 3.05) is 13.1 Å². The van der Waals surface area contributed by atoms with Crippen LogP contribution in [0.2, 0.25) is 0 Å². The number of hydrogen-bond donors (Lipinski definition) is 1. The zero-order valence-electron chi connectivity index (χ0n) is 14.6. The van der Waals surface area contributed by atoms with Crippen LogP contribution in [0.15, 0.2) is 4.42 Å². The summed E-state index contributed by atoms with van der Waals surface area (Å²) in [5, 5.41) is 11.2. The van der Waals surface area contributed by atoms with Crippen molar-refractivity contribution in [3.63, 3.8) is 0 Å². The van der Waals surface area contributed by atoms with E-state index in [0.717, 1.165) is 12.8 Å². The first-order valence-electron chi connectivity index (χ1n) is 8.33. The van der Waals surface area contributed by atoms with Gasteiger partial charge in [0.25, 0.3) is 0 Å². The number of sulfonamides is 1. The Kier molecular flexibility index (Phi) is 5.80. The highest BCUT2D eigenvalue weighted by molar-refractivity contribution is 7.89. The molecule has 0 amide bonds. The topological polar surface area (TPSA) is 88.3 Å². The average Bonchev–Trinajstić information content (AvgIpc) is 2.98. The first kappa shape index (κ1) is 18.4. The highest BCUT2D eigenvalue weighted by Crippen LogP contribution is 2.24. The fraction of sp³-hybridized carbons (Fsp3) is 0.867. The SMILES string of the molecule is CCc1nnc([C@H](C)N[C@H]2CCN(S(=O)(=O)C(C)C)C[C@@H]2C)o1. The lowest BCUT2D eigenvalue weighted by Gasteiger charge is -2.38. The van der Waals surface area contributed by atoms with Crippen LogP contribution in [0.4, 0.5) is 0 Å². The fourth-order valence-corrected chi connectivity index (χ4v) is 4.26. The van der Waals surface area contributed by atoms with Gasteiger partial charge in [0, 0.05) is 25.6 Å². The van der Waals surface area contributed by atoms with Gasteiger partial charge in [-0.25, -0.2) is 12.7 Å². The molecule has 3 atom stereocenters. The molecule has 0 bridgehead atoms. The molecule has 1 aliphatic rings. The molecule has 23 heavy (non-hydrogen) atoms. The second-order valence-corrected chi connectivity index (χ2v) is 9.09. The van der Waals surface area contributed by atoms with Gasteiger partial charge in [0.05, 0.1) is 11.3 Å². The summed E-state index contributed by atoms with van der Waals surface area (Å²) in [6.45, 7) is 10.6. The second kappa shape index (κ2) is 7.27. The Morgan fingerprint density at radius 2 is 2.04 bits per heavy atom. The van der Waals surface area contributed by atoms with Gasteiger partial charge in [-0.15, -0.1) is 10.2 Å². The predicted octanol–water partition coefficient (Wildman–Crippen LogP) is 1.73. The molecule has 0 unspecified atom stereocenters. The van der Waals surface area contributed by atoms with E-state index in [1.54, 1.807) is 18.2 Å². The minimum absolute atomic E-state index is 0.0384. The number of hydrogen-bond acceptors (Lipinski definition) is 6. The Hall–Kier alpha value is -0.990. The number of nitrogens with one attached hydrogen (secondary N) is 1. The van der Waals surface area contributed by atoms with E-state index in [4.69, 9.17) is 4.42 Å². The van der Waals surface area contributed by atoms with Gasteiger partial charge in [-0.3, -0.25) is 0 Å². The van der Waals surface area contributed by atoms with Crippen molar-refractivity contribution in [1.29, 1.82) is 0 Å². The average molecular weight is 344 g/mol. The minimum Gasteiger partial charge on any atom is -0.424 e. The Bertz CT molecular complexity index is 614. The summed E-state index contributed by atoms with van der Waals surface area (Å²) in [6.07, 6.45) is 1.51. The summed E-state index contributed by atoms with van der Waals surface area (Å²) >= 11 is 0. The summed E-state index contributed by atoms with van der Waals surface area (Å²) < 4.78 is 31.8. The van der Waals surface area contributed by atoms with E-state index in [2.05, 4.69) is 22.4 Å². The van der Waals surface area contributed by atoms with Gasteiger partial charge in [-0.2, -0.15) is 0 Å². The van der Waals surface area contributed by atoms with Crippen LogP contribution in [0.1, 0.15) is 58.9 Å². The molecule has 1 aliphatic heterocycles. The van der Waals surface area contributed by atoms with Crippen molar-refractivity contribution in [3.05, 3.63) is 11.8 Å². The Balaban J connectivity index is 1.96. The molecule has 1 saturated heterocycles. The van der Waals surface area contributed by atoms with Crippen LogP contribution in [0.25, 0.3) is 0 Å². The summed E-state index contributed by atoms with van der Waals surface area (Å²) in [4.78, 5) is 0.